The van der Waals surface area contributed by atoms with Gasteiger partial charge < -0.3 is 15.8 Å². The van der Waals surface area contributed by atoms with Crippen LogP contribution >= 0.6 is 27.3 Å². The fourth-order valence-corrected chi connectivity index (χ4v) is 3.69. The number of nitrogens with one attached hydrogen (secondary N) is 1. The van der Waals surface area contributed by atoms with E-state index < -0.39 is 11.9 Å². The van der Waals surface area contributed by atoms with Crippen molar-refractivity contribution < 1.29 is 19.1 Å². The molecule has 2 aromatic rings. The summed E-state index contributed by atoms with van der Waals surface area (Å²) in [4.78, 5) is 36.3. The highest BCUT2D eigenvalue weighted by Crippen LogP contribution is 2.33. The van der Waals surface area contributed by atoms with Gasteiger partial charge >= 0.3 is 5.97 Å². The Labute approximate surface area is 162 Å². The lowest BCUT2D eigenvalue weighted by Gasteiger charge is -2.08. The molecule has 0 aliphatic heterocycles. The molecule has 8 nitrogen and oxygen atoms in total. The molecule has 140 valence electrons. The average molecular weight is 443 g/mol. The summed E-state index contributed by atoms with van der Waals surface area (Å²) in [5, 5.41) is 7.11. The number of anilines is 1. The number of amides is 2. The topological polar surface area (TPSA) is 116 Å². The standard InChI is InChI=1S/C16H19BrN4O4S/c1-4-25-16(24)12-8(2)13(14(18)23)26-15(12)20-11(22)5-6-21-9(3)10(17)7-19-21/h7H,4-6H2,1-3H3,(H2,18,23)(H,20,22). The summed E-state index contributed by atoms with van der Waals surface area (Å²) in [5.74, 6) is -1.56. The van der Waals surface area contributed by atoms with E-state index in [0.717, 1.165) is 21.5 Å². The van der Waals surface area contributed by atoms with Crippen LogP contribution in [0.4, 0.5) is 5.00 Å². The number of ether oxygens (including phenoxy) is 1. The van der Waals surface area contributed by atoms with E-state index in [1.54, 1.807) is 24.7 Å². The molecule has 2 aromatic heterocycles. The fourth-order valence-electron chi connectivity index (χ4n) is 2.33. The van der Waals surface area contributed by atoms with Gasteiger partial charge in [0.15, 0.2) is 0 Å². The normalized spacial score (nSPS) is 10.6. The van der Waals surface area contributed by atoms with Gasteiger partial charge in [-0.15, -0.1) is 11.3 Å². The molecule has 0 unspecified atom stereocenters. The number of halogens is 1. The Balaban J connectivity index is 2.17. The molecule has 10 heteroatoms. The van der Waals surface area contributed by atoms with Gasteiger partial charge in [-0.05, 0) is 42.3 Å². The maximum Gasteiger partial charge on any atom is 0.341 e. The predicted octanol–water partition coefficient (Wildman–Crippen LogP) is 2.63. The molecule has 0 aliphatic rings. The van der Waals surface area contributed by atoms with Crippen LogP contribution in [0.2, 0.25) is 0 Å². The van der Waals surface area contributed by atoms with Gasteiger partial charge in [0.2, 0.25) is 5.91 Å². The first kappa shape index (κ1) is 20.1. The van der Waals surface area contributed by atoms with Crippen LogP contribution in [0.25, 0.3) is 0 Å². The van der Waals surface area contributed by atoms with E-state index in [2.05, 4.69) is 26.3 Å². The number of hydrogen-bond donors (Lipinski definition) is 2. The molecule has 0 spiro atoms. The number of carbonyl (C=O) groups excluding carboxylic acids is 3. The van der Waals surface area contributed by atoms with Crippen LogP contribution in [-0.2, 0) is 16.1 Å². The summed E-state index contributed by atoms with van der Waals surface area (Å²) in [6, 6.07) is 0. The van der Waals surface area contributed by atoms with Crippen molar-refractivity contribution in [1.29, 1.82) is 0 Å². The number of aromatic nitrogens is 2. The molecule has 0 saturated heterocycles. The Kier molecular flexibility index (Phi) is 6.54. The minimum Gasteiger partial charge on any atom is -0.462 e. The second-order valence-corrected chi connectivity index (χ2v) is 7.32. The van der Waals surface area contributed by atoms with Crippen molar-refractivity contribution in [2.75, 3.05) is 11.9 Å². The van der Waals surface area contributed by atoms with Crippen molar-refractivity contribution in [2.24, 2.45) is 5.73 Å². The first-order valence-corrected chi connectivity index (χ1v) is 9.45. The lowest BCUT2D eigenvalue weighted by atomic mass is 10.1. The number of thiophene rings is 1. The van der Waals surface area contributed by atoms with Crippen molar-refractivity contribution in [3.8, 4) is 0 Å². The Morgan fingerprint density at radius 3 is 2.62 bits per heavy atom. The van der Waals surface area contributed by atoms with Crippen LogP contribution < -0.4 is 11.1 Å². The molecule has 0 aromatic carbocycles. The van der Waals surface area contributed by atoms with Crippen molar-refractivity contribution >= 4 is 50.1 Å². The van der Waals surface area contributed by atoms with Gasteiger partial charge in [-0.25, -0.2) is 4.79 Å². The fraction of sp³-hybridized carbons (Fsp3) is 0.375. The van der Waals surface area contributed by atoms with Crippen molar-refractivity contribution in [1.82, 2.24) is 9.78 Å². The second-order valence-electron chi connectivity index (χ2n) is 5.44. The monoisotopic (exact) mass is 442 g/mol. The van der Waals surface area contributed by atoms with E-state index >= 15 is 0 Å². The molecule has 2 rings (SSSR count). The number of primary amides is 1. The summed E-state index contributed by atoms with van der Waals surface area (Å²) in [6.07, 6.45) is 1.81. The predicted molar refractivity (Wildman–Crippen MR) is 101 cm³/mol. The average Bonchev–Trinajstić information content (AvgIpc) is 3.06. The van der Waals surface area contributed by atoms with Gasteiger partial charge in [0.1, 0.15) is 5.00 Å². The number of rotatable bonds is 7. The van der Waals surface area contributed by atoms with Crippen molar-refractivity contribution in [3.63, 3.8) is 0 Å². The second kappa shape index (κ2) is 8.45. The maximum absolute atomic E-state index is 12.3. The van der Waals surface area contributed by atoms with Crippen LogP contribution in [0.1, 0.15) is 44.6 Å². The maximum atomic E-state index is 12.3. The number of nitrogens with zero attached hydrogens (tertiary/aromatic N) is 2. The van der Waals surface area contributed by atoms with Gasteiger partial charge in [0.25, 0.3) is 5.91 Å². The molecule has 2 heterocycles. The van der Waals surface area contributed by atoms with Gasteiger partial charge in [-0.2, -0.15) is 5.10 Å². The molecule has 0 fully saturated rings. The van der Waals surface area contributed by atoms with Crippen molar-refractivity contribution in [2.45, 2.75) is 33.7 Å². The molecular weight excluding hydrogens is 424 g/mol. The number of esters is 1. The molecule has 3 N–H and O–H groups in total. The number of nitrogens with two attached hydrogens (primary N) is 1. The van der Waals surface area contributed by atoms with Crippen LogP contribution in [0.3, 0.4) is 0 Å². The Morgan fingerprint density at radius 2 is 2.08 bits per heavy atom. The molecule has 0 saturated carbocycles. The van der Waals surface area contributed by atoms with Crippen LogP contribution in [-0.4, -0.2) is 34.2 Å². The Morgan fingerprint density at radius 1 is 1.38 bits per heavy atom. The first-order chi connectivity index (χ1) is 12.3. The van der Waals surface area contributed by atoms with Crippen molar-refractivity contribution in [3.05, 3.63) is 32.4 Å². The van der Waals surface area contributed by atoms with Gasteiger partial charge in [0, 0.05) is 12.1 Å². The molecule has 0 radical (unpaired) electrons. The summed E-state index contributed by atoms with van der Waals surface area (Å²) in [5.41, 5.74) is 6.83. The Hall–Kier alpha value is -2.20. The van der Waals surface area contributed by atoms with E-state index in [1.807, 2.05) is 6.92 Å². The third-order valence-corrected chi connectivity index (χ3v) is 5.70. The van der Waals surface area contributed by atoms with Crippen LogP contribution in [0.5, 0.6) is 0 Å². The lowest BCUT2D eigenvalue weighted by Crippen LogP contribution is -2.17. The van der Waals surface area contributed by atoms with E-state index in [1.165, 1.54) is 0 Å². The number of carbonyl (C=O) groups is 3. The zero-order chi connectivity index (χ0) is 19.4. The van der Waals surface area contributed by atoms with E-state index in [4.69, 9.17) is 10.5 Å². The van der Waals surface area contributed by atoms with E-state index in [-0.39, 0.29) is 34.4 Å². The molecule has 0 bridgehead atoms. The smallest absolute Gasteiger partial charge is 0.341 e. The zero-order valence-electron chi connectivity index (χ0n) is 14.6. The van der Waals surface area contributed by atoms with E-state index in [9.17, 15) is 14.4 Å². The van der Waals surface area contributed by atoms with E-state index in [0.29, 0.717) is 12.1 Å². The molecule has 2 amide bonds. The third-order valence-electron chi connectivity index (χ3n) is 3.70. The zero-order valence-corrected chi connectivity index (χ0v) is 17.0. The highest BCUT2D eigenvalue weighted by atomic mass is 79.9. The van der Waals surface area contributed by atoms with Gasteiger partial charge in [0.05, 0.1) is 34.3 Å². The molecule has 0 aliphatic carbocycles. The first-order valence-electron chi connectivity index (χ1n) is 7.84. The Bertz CT molecular complexity index is 859. The van der Waals surface area contributed by atoms with Crippen LogP contribution in [0.15, 0.2) is 10.7 Å². The molecular formula is C16H19BrN4O4S. The largest absolute Gasteiger partial charge is 0.462 e. The number of hydrogen-bond acceptors (Lipinski definition) is 6. The summed E-state index contributed by atoms with van der Waals surface area (Å²) in [7, 11) is 0. The number of aryl methyl sites for hydroxylation is 1. The SMILES string of the molecule is CCOC(=O)c1c(NC(=O)CCn2ncc(Br)c2C)sc(C(N)=O)c1C. The summed E-state index contributed by atoms with van der Waals surface area (Å²) < 4.78 is 7.58. The minimum absolute atomic E-state index is 0.153. The summed E-state index contributed by atoms with van der Waals surface area (Å²) in [6.45, 7) is 5.72. The lowest BCUT2D eigenvalue weighted by molar-refractivity contribution is -0.116. The minimum atomic E-state index is -0.657. The molecule has 26 heavy (non-hydrogen) atoms. The highest BCUT2D eigenvalue weighted by molar-refractivity contribution is 9.10. The van der Waals surface area contributed by atoms with Gasteiger partial charge in [-0.3, -0.25) is 14.3 Å². The highest BCUT2D eigenvalue weighted by Gasteiger charge is 2.25. The van der Waals surface area contributed by atoms with Crippen LogP contribution in [0, 0.1) is 13.8 Å². The molecule has 0 atom stereocenters. The quantitative estimate of drug-likeness (QED) is 0.639. The third kappa shape index (κ3) is 4.31. The van der Waals surface area contributed by atoms with Gasteiger partial charge in [-0.1, -0.05) is 0 Å². The summed E-state index contributed by atoms with van der Waals surface area (Å²) >= 11 is 4.33.